The molecule has 0 bridgehead atoms. The number of rotatable bonds is 7. The molecule has 0 saturated carbocycles. The maximum absolute atomic E-state index is 13.9. The third-order valence-electron chi connectivity index (χ3n) is 5.72. The minimum atomic E-state index is -3.75. The molecule has 5 rings (SSSR count). The Morgan fingerprint density at radius 3 is 2.79 bits per heavy atom. The number of benzene rings is 1. The highest BCUT2D eigenvalue weighted by Gasteiger charge is 2.42. The summed E-state index contributed by atoms with van der Waals surface area (Å²) in [5.74, 6) is 0.404. The van der Waals surface area contributed by atoms with Crippen molar-refractivity contribution < 1.29 is 17.9 Å². The number of carbonyl (C=O) groups excluding carboxylic acids is 1. The Balaban J connectivity index is 1.53. The number of aromatic nitrogens is 2. The minimum absolute atomic E-state index is 0.250. The lowest BCUT2D eigenvalue weighted by atomic mass is 10.2. The van der Waals surface area contributed by atoms with Crippen molar-refractivity contribution in [1.82, 2.24) is 14.3 Å². The number of ether oxygens (including phenoxy) is 1. The van der Waals surface area contributed by atoms with Gasteiger partial charge < -0.3 is 4.74 Å². The van der Waals surface area contributed by atoms with Gasteiger partial charge in [0.1, 0.15) is 16.0 Å². The summed E-state index contributed by atoms with van der Waals surface area (Å²) >= 11 is 2.55. The highest BCUT2D eigenvalue weighted by atomic mass is 32.2. The van der Waals surface area contributed by atoms with E-state index in [2.05, 4.69) is 4.98 Å². The Hall–Kier alpha value is -2.86. The zero-order valence-corrected chi connectivity index (χ0v) is 20.8. The second-order valence-corrected chi connectivity index (χ2v) is 11.9. The average molecular weight is 515 g/mol. The van der Waals surface area contributed by atoms with E-state index in [0.717, 1.165) is 27.1 Å². The van der Waals surface area contributed by atoms with Crippen molar-refractivity contribution in [3.8, 4) is 5.75 Å². The lowest BCUT2D eigenvalue weighted by Crippen LogP contribution is -2.47. The fourth-order valence-electron chi connectivity index (χ4n) is 4.03. The van der Waals surface area contributed by atoms with Gasteiger partial charge in [-0.15, -0.1) is 11.3 Å². The number of hydrogen-bond donors (Lipinski definition) is 0. The summed E-state index contributed by atoms with van der Waals surface area (Å²) in [5, 5.41) is 2.25. The van der Waals surface area contributed by atoms with Gasteiger partial charge in [-0.1, -0.05) is 17.4 Å². The molecule has 0 spiro atoms. The SMILES string of the molecule is COc1ccc2sc(N(Cc3ccncc3)C(=O)C3CCCN3S(=O)(=O)c3cccs3)nc2c1. The van der Waals surface area contributed by atoms with Gasteiger partial charge in [-0.3, -0.25) is 14.7 Å². The van der Waals surface area contributed by atoms with Crippen LogP contribution in [0.2, 0.25) is 0 Å². The van der Waals surface area contributed by atoms with Crippen LogP contribution in [-0.2, 0) is 21.4 Å². The van der Waals surface area contributed by atoms with E-state index in [-0.39, 0.29) is 16.7 Å². The van der Waals surface area contributed by atoms with Gasteiger partial charge in [0.05, 0.1) is 23.9 Å². The van der Waals surface area contributed by atoms with E-state index >= 15 is 0 Å². The van der Waals surface area contributed by atoms with Crippen molar-refractivity contribution in [2.45, 2.75) is 29.6 Å². The van der Waals surface area contributed by atoms with Crippen LogP contribution in [0.25, 0.3) is 10.2 Å². The van der Waals surface area contributed by atoms with Crippen molar-refractivity contribution in [3.63, 3.8) is 0 Å². The lowest BCUT2D eigenvalue weighted by Gasteiger charge is -2.28. The third kappa shape index (κ3) is 4.31. The van der Waals surface area contributed by atoms with Gasteiger partial charge in [-0.05, 0) is 54.1 Å². The van der Waals surface area contributed by atoms with Crippen LogP contribution in [0.3, 0.4) is 0 Å². The van der Waals surface area contributed by atoms with E-state index in [4.69, 9.17) is 9.72 Å². The molecule has 4 heterocycles. The first-order valence-corrected chi connectivity index (χ1v) is 13.8. The minimum Gasteiger partial charge on any atom is -0.497 e. The second kappa shape index (κ2) is 9.41. The van der Waals surface area contributed by atoms with Crippen LogP contribution >= 0.6 is 22.7 Å². The highest BCUT2D eigenvalue weighted by molar-refractivity contribution is 7.91. The number of thiophene rings is 1. The van der Waals surface area contributed by atoms with E-state index < -0.39 is 16.1 Å². The Morgan fingerprint density at radius 1 is 1.24 bits per heavy atom. The fraction of sp³-hybridized carbons (Fsp3) is 0.261. The molecule has 0 aliphatic carbocycles. The number of anilines is 1. The molecule has 0 N–H and O–H groups in total. The Labute approximate surface area is 205 Å². The van der Waals surface area contributed by atoms with Crippen molar-refractivity contribution in [2.75, 3.05) is 18.6 Å². The van der Waals surface area contributed by atoms with Gasteiger partial charge in [0, 0.05) is 25.0 Å². The summed E-state index contributed by atoms with van der Waals surface area (Å²) < 4.78 is 34.4. The van der Waals surface area contributed by atoms with Crippen LogP contribution in [0.5, 0.6) is 5.75 Å². The molecule has 1 fully saturated rings. The van der Waals surface area contributed by atoms with Gasteiger partial charge in [0.2, 0.25) is 5.91 Å². The predicted octanol–water partition coefficient (Wildman–Crippen LogP) is 4.15. The van der Waals surface area contributed by atoms with Gasteiger partial charge in [0.25, 0.3) is 10.0 Å². The Morgan fingerprint density at radius 2 is 2.06 bits per heavy atom. The quantitative estimate of drug-likeness (QED) is 0.368. The first-order valence-electron chi connectivity index (χ1n) is 10.7. The second-order valence-electron chi connectivity index (χ2n) is 7.82. The van der Waals surface area contributed by atoms with Crippen molar-refractivity contribution in [2.24, 2.45) is 0 Å². The third-order valence-corrected chi connectivity index (χ3v) is 10.1. The molecule has 1 amide bonds. The van der Waals surface area contributed by atoms with E-state index in [0.29, 0.717) is 30.3 Å². The first-order chi connectivity index (χ1) is 16.5. The number of fused-ring (bicyclic) bond motifs is 1. The molecule has 1 aliphatic rings. The Kier molecular flexibility index (Phi) is 6.34. The number of thiazole rings is 1. The van der Waals surface area contributed by atoms with Crippen molar-refractivity contribution >= 4 is 54.0 Å². The molecule has 1 aromatic carbocycles. The molecule has 34 heavy (non-hydrogen) atoms. The monoisotopic (exact) mass is 514 g/mol. The summed E-state index contributed by atoms with van der Waals surface area (Å²) in [5.41, 5.74) is 1.60. The molecule has 176 valence electrons. The lowest BCUT2D eigenvalue weighted by molar-refractivity contribution is -0.121. The van der Waals surface area contributed by atoms with E-state index in [1.165, 1.54) is 15.6 Å². The van der Waals surface area contributed by atoms with Crippen LogP contribution in [-0.4, -0.2) is 48.3 Å². The normalized spacial score (nSPS) is 16.7. The number of methoxy groups -OCH3 is 1. The summed E-state index contributed by atoms with van der Waals surface area (Å²) in [6.45, 7) is 0.582. The van der Waals surface area contributed by atoms with Gasteiger partial charge in [-0.25, -0.2) is 13.4 Å². The van der Waals surface area contributed by atoms with Crippen molar-refractivity contribution in [1.29, 1.82) is 0 Å². The smallest absolute Gasteiger partial charge is 0.253 e. The molecule has 8 nitrogen and oxygen atoms in total. The molecule has 0 radical (unpaired) electrons. The zero-order chi connectivity index (χ0) is 23.7. The van der Waals surface area contributed by atoms with Crippen molar-refractivity contribution in [3.05, 3.63) is 65.8 Å². The summed E-state index contributed by atoms with van der Waals surface area (Å²) in [6.07, 6.45) is 4.44. The Bertz CT molecular complexity index is 1400. The molecule has 1 saturated heterocycles. The molecular weight excluding hydrogens is 492 g/mol. The van der Waals surface area contributed by atoms with E-state index in [1.54, 1.807) is 41.9 Å². The molecule has 1 aliphatic heterocycles. The predicted molar refractivity (Wildman–Crippen MR) is 133 cm³/mol. The molecule has 1 unspecified atom stereocenters. The number of pyridine rings is 1. The number of carbonyl (C=O) groups is 1. The topological polar surface area (TPSA) is 92.7 Å². The fourth-order valence-corrected chi connectivity index (χ4v) is 7.75. The maximum atomic E-state index is 13.9. The standard InChI is InChI=1S/C23H22N4O4S3/c1-31-17-6-7-20-18(14-17)25-23(33-20)26(15-16-8-10-24-11-9-16)22(28)19-4-2-12-27(19)34(29,30)21-5-3-13-32-21/h3,5-11,13-14,19H,2,4,12,15H2,1H3. The molecule has 1 atom stereocenters. The van der Waals surface area contributed by atoms with Crippen LogP contribution in [0, 0.1) is 0 Å². The summed E-state index contributed by atoms with van der Waals surface area (Å²) in [6, 6.07) is 11.8. The molecule has 11 heteroatoms. The number of sulfonamides is 1. The molecule has 4 aromatic rings. The van der Waals surface area contributed by atoms with Crippen LogP contribution in [0.4, 0.5) is 5.13 Å². The van der Waals surface area contributed by atoms with Gasteiger partial charge >= 0.3 is 0 Å². The largest absolute Gasteiger partial charge is 0.497 e. The van der Waals surface area contributed by atoms with Crippen LogP contribution < -0.4 is 9.64 Å². The zero-order valence-electron chi connectivity index (χ0n) is 18.3. The highest BCUT2D eigenvalue weighted by Crippen LogP contribution is 2.35. The number of nitrogens with zero attached hydrogens (tertiary/aromatic N) is 4. The van der Waals surface area contributed by atoms with E-state index in [9.17, 15) is 13.2 Å². The van der Waals surface area contributed by atoms with Gasteiger partial charge in [-0.2, -0.15) is 4.31 Å². The summed E-state index contributed by atoms with van der Waals surface area (Å²) in [7, 11) is -2.16. The van der Waals surface area contributed by atoms with Crippen LogP contribution in [0.15, 0.2) is 64.4 Å². The number of hydrogen-bond acceptors (Lipinski definition) is 8. The maximum Gasteiger partial charge on any atom is 0.253 e. The number of amides is 1. The van der Waals surface area contributed by atoms with Crippen LogP contribution in [0.1, 0.15) is 18.4 Å². The first kappa shape index (κ1) is 22.9. The average Bonchev–Trinajstić information content (AvgIpc) is 3.62. The molecule has 3 aromatic heterocycles. The van der Waals surface area contributed by atoms with E-state index in [1.807, 2.05) is 30.3 Å². The molecular formula is C23H22N4O4S3. The van der Waals surface area contributed by atoms with Gasteiger partial charge in [0.15, 0.2) is 5.13 Å². The summed E-state index contributed by atoms with van der Waals surface area (Å²) in [4.78, 5) is 24.3.